The quantitative estimate of drug-likeness (QED) is 0.846. The first-order chi connectivity index (χ1) is 10.2. The van der Waals surface area contributed by atoms with E-state index in [9.17, 15) is 0 Å². The zero-order valence-electron chi connectivity index (χ0n) is 12.5. The van der Waals surface area contributed by atoms with Crippen molar-refractivity contribution in [1.82, 2.24) is 15.3 Å². The number of hydrogen-bond acceptors (Lipinski definition) is 7. The van der Waals surface area contributed by atoms with Gasteiger partial charge in [0.15, 0.2) is 0 Å². The molecule has 0 aliphatic heterocycles. The first-order valence-corrected chi connectivity index (χ1v) is 7.42. The van der Waals surface area contributed by atoms with Crippen LogP contribution in [0, 0.1) is 0 Å². The second-order valence-electron chi connectivity index (χ2n) is 4.15. The predicted octanol–water partition coefficient (Wildman–Crippen LogP) is 2.26. The Kier molecular flexibility index (Phi) is 5.35. The third-order valence-electron chi connectivity index (χ3n) is 2.97. The minimum absolute atomic E-state index is 0.140. The summed E-state index contributed by atoms with van der Waals surface area (Å²) in [5.74, 6) is 1.69. The van der Waals surface area contributed by atoms with E-state index in [1.165, 1.54) is 0 Å². The van der Waals surface area contributed by atoms with Gasteiger partial charge in [0, 0.05) is 0 Å². The second kappa shape index (κ2) is 7.24. The molecule has 0 fully saturated rings. The Labute approximate surface area is 128 Å². The molecule has 6 nitrogen and oxygen atoms in total. The van der Waals surface area contributed by atoms with E-state index in [0.29, 0.717) is 17.5 Å². The van der Waals surface area contributed by atoms with Gasteiger partial charge in [-0.2, -0.15) is 4.98 Å². The summed E-state index contributed by atoms with van der Waals surface area (Å²) >= 11 is 1.60. The van der Waals surface area contributed by atoms with Crippen molar-refractivity contribution >= 4 is 11.3 Å². The number of ether oxygens (including phenoxy) is 3. The lowest BCUT2D eigenvalue weighted by Gasteiger charge is -2.19. The average Bonchev–Trinajstić information content (AvgIpc) is 3.00. The Balaban J connectivity index is 2.47. The van der Waals surface area contributed by atoms with Crippen LogP contribution in [0.1, 0.15) is 23.5 Å². The summed E-state index contributed by atoms with van der Waals surface area (Å²) in [6.45, 7) is 2.82. The summed E-state index contributed by atoms with van der Waals surface area (Å²) in [4.78, 5) is 9.78. The Hall–Kier alpha value is -1.86. The van der Waals surface area contributed by atoms with Gasteiger partial charge in [-0.25, -0.2) is 4.98 Å². The highest BCUT2D eigenvalue weighted by atomic mass is 32.1. The summed E-state index contributed by atoms with van der Waals surface area (Å²) in [6.07, 6.45) is 1.59. The molecule has 1 N–H and O–H groups in total. The van der Waals surface area contributed by atoms with Gasteiger partial charge in [-0.05, 0) is 18.0 Å². The van der Waals surface area contributed by atoms with Crippen LogP contribution < -0.4 is 19.5 Å². The molecule has 0 spiro atoms. The predicted molar refractivity (Wildman–Crippen MR) is 81.5 cm³/mol. The number of aromatic nitrogens is 2. The summed E-state index contributed by atoms with van der Waals surface area (Å²) in [6, 6.07) is 1.80. The van der Waals surface area contributed by atoms with Gasteiger partial charge in [0.1, 0.15) is 11.4 Å². The average molecular weight is 309 g/mol. The fraction of sp³-hybridized carbons (Fsp3) is 0.429. The highest BCUT2D eigenvalue weighted by Crippen LogP contribution is 2.36. The molecule has 0 saturated carbocycles. The molecule has 0 radical (unpaired) electrons. The first kappa shape index (κ1) is 15.5. The Morgan fingerprint density at radius 1 is 1.24 bits per heavy atom. The smallest absolute Gasteiger partial charge is 0.240 e. The summed E-state index contributed by atoms with van der Waals surface area (Å²) in [5.41, 5.74) is 0.709. The summed E-state index contributed by atoms with van der Waals surface area (Å²) in [7, 11) is 4.78. The molecule has 2 aromatic heterocycles. The molecule has 7 heteroatoms. The third-order valence-corrected chi connectivity index (χ3v) is 3.93. The standard InChI is InChI=1S/C14H19N3O3S/c1-5-15-11(13-9(18-2)6-7-21-13)12-14(20-4)17-10(19-3)8-16-12/h6-8,11,15H,5H2,1-4H3. The lowest BCUT2D eigenvalue weighted by molar-refractivity contribution is 0.352. The number of nitrogens with one attached hydrogen (secondary N) is 1. The van der Waals surface area contributed by atoms with Crippen molar-refractivity contribution in [1.29, 1.82) is 0 Å². The molecule has 0 aliphatic carbocycles. The Morgan fingerprint density at radius 3 is 2.67 bits per heavy atom. The van der Waals surface area contributed by atoms with Gasteiger partial charge >= 0.3 is 0 Å². The van der Waals surface area contributed by atoms with Crippen molar-refractivity contribution in [3.8, 4) is 17.5 Å². The van der Waals surface area contributed by atoms with E-state index >= 15 is 0 Å². The number of rotatable bonds is 7. The van der Waals surface area contributed by atoms with Crippen LogP contribution in [0.4, 0.5) is 0 Å². The maximum absolute atomic E-state index is 5.41. The monoisotopic (exact) mass is 309 g/mol. The fourth-order valence-electron chi connectivity index (χ4n) is 2.02. The van der Waals surface area contributed by atoms with Gasteiger partial charge in [-0.1, -0.05) is 6.92 Å². The molecule has 1 unspecified atom stereocenters. The Bertz CT molecular complexity index is 589. The van der Waals surface area contributed by atoms with Crippen LogP contribution in [0.2, 0.25) is 0 Å². The van der Waals surface area contributed by atoms with Crippen LogP contribution in [0.15, 0.2) is 17.6 Å². The largest absolute Gasteiger partial charge is 0.496 e. The van der Waals surface area contributed by atoms with Crippen molar-refractivity contribution in [2.45, 2.75) is 13.0 Å². The van der Waals surface area contributed by atoms with E-state index in [2.05, 4.69) is 15.3 Å². The van der Waals surface area contributed by atoms with E-state index in [-0.39, 0.29) is 6.04 Å². The number of methoxy groups -OCH3 is 3. The first-order valence-electron chi connectivity index (χ1n) is 6.54. The van der Waals surface area contributed by atoms with E-state index in [4.69, 9.17) is 14.2 Å². The van der Waals surface area contributed by atoms with Crippen molar-refractivity contribution in [2.75, 3.05) is 27.9 Å². The molecule has 2 aromatic rings. The molecule has 114 valence electrons. The minimum Gasteiger partial charge on any atom is -0.496 e. The van der Waals surface area contributed by atoms with E-state index < -0.39 is 0 Å². The summed E-state index contributed by atoms with van der Waals surface area (Å²) < 4.78 is 15.9. The highest BCUT2D eigenvalue weighted by molar-refractivity contribution is 7.10. The molecular formula is C14H19N3O3S. The van der Waals surface area contributed by atoms with Gasteiger partial charge in [-0.3, -0.25) is 0 Å². The molecule has 2 heterocycles. The van der Waals surface area contributed by atoms with Crippen LogP contribution in [0.3, 0.4) is 0 Å². The lowest BCUT2D eigenvalue weighted by atomic mass is 10.1. The number of nitrogens with zero attached hydrogens (tertiary/aromatic N) is 2. The van der Waals surface area contributed by atoms with Crippen molar-refractivity contribution in [2.24, 2.45) is 0 Å². The van der Waals surface area contributed by atoms with Gasteiger partial charge in [0.25, 0.3) is 0 Å². The molecule has 0 aliphatic rings. The maximum atomic E-state index is 5.41. The molecule has 21 heavy (non-hydrogen) atoms. The van der Waals surface area contributed by atoms with Crippen LogP contribution in [-0.2, 0) is 0 Å². The number of thiophene rings is 1. The molecule has 0 bridgehead atoms. The molecule has 0 aromatic carbocycles. The normalized spacial score (nSPS) is 12.0. The van der Waals surface area contributed by atoms with Gasteiger partial charge in [-0.15, -0.1) is 11.3 Å². The lowest BCUT2D eigenvalue weighted by Crippen LogP contribution is -2.23. The van der Waals surface area contributed by atoms with E-state index in [1.807, 2.05) is 18.4 Å². The third kappa shape index (κ3) is 3.25. The highest BCUT2D eigenvalue weighted by Gasteiger charge is 2.25. The van der Waals surface area contributed by atoms with Gasteiger partial charge in [0.2, 0.25) is 11.8 Å². The van der Waals surface area contributed by atoms with Crippen LogP contribution in [-0.4, -0.2) is 37.8 Å². The SMILES string of the molecule is CCNC(c1ncc(OC)nc1OC)c1sccc1OC. The molecular weight excluding hydrogens is 290 g/mol. The van der Waals surface area contributed by atoms with E-state index in [1.54, 1.807) is 38.9 Å². The van der Waals surface area contributed by atoms with Crippen LogP contribution in [0.25, 0.3) is 0 Å². The minimum atomic E-state index is -0.140. The second-order valence-corrected chi connectivity index (χ2v) is 5.10. The van der Waals surface area contributed by atoms with Gasteiger partial charge in [0.05, 0.1) is 38.4 Å². The van der Waals surface area contributed by atoms with Gasteiger partial charge < -0.3 is 19.5 Å². The topological polar surface area (TPSA) is 65.5 Å². The van der Waals surface area contributed by atoms with Crippen molar-refractivity contribution in [3.05, 3.63) is 28.2 Å². The van der Waals surface area contributed by atoms with Crippen LogP contribution >= 0.6 is 11.3 Å². The molecule has 2 rings (SSSR count). The van der Waals surface area contributed by atoms with Crippen molar-refractivity contribution in [3.63, 3.8) is 0 Å². The molecule has 0 amide bonds. The molecule has 1 atom stereocenters. The van der Waals surface area contributed by atoms with E-state index in [0.717, 1.165) is 17.2 Å². The van der Waals surface area contributed by atoms with Crippen molar-refractivity contribution < 1.29 is 14.2 Å². The zero-order valence-corrected chi connectivity index (χ0v) is 13.4. The zero-order chi connectivity index (χ0) is 15.2. The summed E-state index contributed by atoms with van der Waals surface area (Å²) in [5, 5.41) is 5.38. The van der Waals surface area contributed by atoms with Crippen LogP contribution in [0.5, 0.6) is 17.5 Å². The fourth-order valence-corrected chi connectivity index (χ4v) is 2.96. The maximum Gasteiger partial charge on any atom is 0.240 e. The molecule has 0 saturated heterocycles. The Morgan fingerprint density at radius 2 is 2.05 bits per heavy atom. The number of hydrogen-bond donors (Lipinski definition) is 1.